The number of nitrogens with zero attached hydrogens (tertiary/aromatic N) is 3. The van der Waals surface area contributed by atoms with E-state index in [0.29, 0.717) is 23.3 Å². The van der Waals surface area contributed by atoms with Gasteiger partial charge in [-0.25, -0.2) is 14.4 Å². The Bertz CT molecular complexity index is 885. The van der Waals surface area contributed by atoms with Crippen LogP contribution in [0, 0.1) is 5.82 Å². The van der Waals surface area contributed by atoms with Crippen LogP contribution in [-0.4, -0.2) is 28.0 Å². The molecular weight excluding hydrogens is 327 g/mol. The van der Waals surface area contributed by atoms with Gasteiger partial charge in [0.15, 0.2) is 0 Å². The van der Waals surface area contributed by atoms with Gasteiger partial charge < -0.3 is 5.32 Å². The summed E-state index contributed by atoms with van der Waals surface area (Å²) in [4.78, 5) is 10.9. The number of benzene rings is 2. The zero-order chi connectivity index (χ0) is 17.8. The first-order chi connectivity index (χ1) is 12.8. The van der Waals surface area contributed by atoms with Crippen molar-refractivity contribution in [1.82, 2.24) is 14.9 Å². The highest BCUT2D eigenvalue weighted by molar-refractivity contribution is 5.89. The van der Waals surface area contributed by atoms with Crippen LogP contribution in [0.5, 0.6) is 0 Å². The lowest BCUT2D eigenvalue weighted by molar-refractivity contribution is 0.220. The SMILES string of the molecule is Fc1cccc2ncnc(NCc3ccccc3CN3CCCCC3)c12. The summed E-state index contributed by atoms with van der Waals surface area (Å²) in [6.07, 6.45) is 5.38. The topological polar surface area (TPSA) is 41.1 Å². The Kier molecular flexibility index (Phi) is 5.07. The van der Waals surface area contributed by atoms with E-state index in [1.165, 1.54) is 55.9 Å². The van der Waals surface area contributed by atoms with Crippen LogP contribution in [0.25, 0.3) is 10.9 Å². The number of hydrogen-bond donors (Lipinski definition) is 1. The fourth-order valence-electron chi connectivity index (χ4n) is 3.62. The van der Waals surface area contributed by atoms with Gasteiger partial charge in [-0.3, -0.25) is 4.90 Å². The minimum absolute atomic E-state index is 0.299. The van der Waals surface area contributed by atoms with Crippen LogP contribution in [0.4, 0.5) is 10.2 Å². The normalized spacial score (nSPS) is 15.3. The molecule has 0 saturated carbocycles. The van der Waals surface area contributed by atoms with Crippen LogP contribution in [0.2, 0.25) is 0 Å². The van der Waals surface area contributed by atoms with Crippen molar-refractivity contribution < 1.29 is 4.39 Å². The highest BCUT2D eigenvalue weighted by atomic mass is 19.1. The second-order valence-electron chi connectivity index (χ2n) is 6.82. The van der Waals surface area contributed by atoms with Crippen molar-refractivity contribution in [3.63, 3.8) is 0 Å². The standard InChI is InChI=1S/C21H23FN4/c22-18-9-6-10-19-20(18)21(25-15-24-19)23-13-16-7-2-3-8-17(16)14-26-11-4-1-5-12-26/h2-3,6-10,15H,1,4-5,11-14H2,(H,23,24,25). The first-order valence-corrected chi connectivity index (χ1v) is 9.23. The maximum Gasteiger partial charge on any atom is 0.140 e. The van der Waals surface area contributed by atoms with Gasteiger partial charge in [-0.15, -0.1) is 0 Å². The van der Waals surface area contributed by atoms with Gasteiger partial charge in [0.1, 0.15) is 18.0 Å². The minimum atomic E-state index is -0.299. The van der Waals surface area contributed by atoms with Gasteiger partial charge >= 0.3 is 0 Å². The highest BCUT2D eigenvalue weighted by Gasteiger charge is 2.13. The Hall–Kier alpha value is -2.53. The van der Waals surface area contributed by atoms with E-state index < -0.39 is 0 Å². The number of rotatable bonds is 5. The Labute approximate surface area is 153 Å². The van der Waals surface area contributed by atoms with Crippen molar-refractivity contribution in [3.8, 4) is 0 Å². The lowest BCUT2D eigenvalue weighted by atomic mass is 10.0. The molecule has 2 aromatic carbocycles. The summed E-state index contributed by atoms with van der Waals surface area (Å²) < 4.78 is 14.2. The minimum Gasteiger partial charge on any atom is -0.365 e. The zero-order valence-electron chi connectivity index (χ0n) is 14.8. The lowest BCUT2D eigenvalue weighted by Gasteiger charge is -2.27. The van der Waals surface area contributed by atoms with Crippen molar-refractivity contribution in [3.05, 3.63) is 65.7 Å². The summed E-state index contributed by atoms with van der Waals surface area (Å²) in [5.41, 5.74) is 3.16. The van der Waals surface area contributed by atoms with Crippen LogP contribution in [0.3, 0.4) is 0 Å². The molecule has 4 rings (SSSR count). The third-order valence-electron chi connectivity index (χ3n) is 5.02. The molecule has 5 heteroatoms. The van der Waals surface area contributed by atoms with Gasteiger partial charge in [0, 0.05) is 13.1 Å². The smallest absolute Gasteiger partial charge is 0.140 e. The monoisotopic (exact) mass is 350 g/mol. The molecule has 0 unspecified atom stereocenters. The molecule has 0 aliphatic carbocycles. The Morgan fingerprint density at radius 3 is 2.58 bits per heavy atom. The van der Waals surface area contributed by atoms with E-state index >= 15 is 0 Å². The summed E-state index contributed by atoms with van der Waals surface area (Å²) in [6.45, 7) is 3.92. The fourth-order valence-corrected chi connectivity index (χ4v) is 3.62. The van der Waals surface area contributed by atoms with Gasteiger partial charge in [0.25, 0.3) is 0 Å². The molecule has 1 aliphatic rings. The molecule has 0 radical (unpaired) electrons. The average molecular weight is 350 g/mol. The van der Waals surface area contributed by atoms with Crippen LogP contribution in [-0.2, 0) is 13.1 Å². The summed E-state index contributed by atoms with van der Waals surface area (Å²) in [5.74, 6) is 0.244. The zero-order valence-corrected chi connectivity index (χ0v) is 14.8. The average Bonchev–Trinajstić information content (AvgIpc) is 2.68. The van der Waals surface area contributed by atoms with Crippen LogP contribution >= 0.6 is 0 Å². The van der Waals surface area contributed by atoms with Gasteiger partial charge in [-0.1, -0.05) is 36.8 Å². The van der Waals surface area contributed by atoms with E-state index in [-0.39, 0.29) is 5.82 Å². The van der Waals surface area contributed by atoms with Crippen molar-refractivity contribution in [2.45, 2.75) is 32.4 Å². The number of aromatic nitrogens is 2. The summed E-state index contributed by atoms with van der Waals surface area (Å²) in [7, 11) is 0. The van der Waals surface area contributed by atoms with Crippen LogP contribution in [0.1, 0.15) is 30.4 Å². The third kappa shape index (κ3) is 3.68. The molecule has 1 fully saturated rings. The summed E-state index contributed by atoms with van der Waals surface area (Å²) >= 11 is 0. The fraction of sp³-hybridized carbons (Fsp3) is 0.333. The number of halogens is 1. The number of likely N-dealkylation sites (tertiary alicyclic amines) is 1. The lowest BCUT2D eigenvalue weighted by Crippen LogP contribution is -2.29. The molecule has 3 aromatic rings. The number of piperidine rings is 1. The molecule has 1 aliphatic heterocycles. The van der Waals surface area contributed by atoms with Crippen LogP contribution in [0.15, 0.2) is 48.8 Å². The Morgan fingerprint density at radius 1 is 0.923 bits per heavy atom. The van der Waals surface area contributed by atoms with Crippen LogP contribution < -0.4 is 5.32 Å². The molecule has 0 amide bonds. The number of hydrogen-bond acceptors (Lipinski definition) is 4. The second kappa shape index (κ2) is 7.79. The molecule has 2 heterocycles. The Balaban J connectivity index is 1.54. The largest absolute Gasteiger partial charge is 0.365 e. The highest BCUT2D eigenvalue weighted by Crippen LogP contribution is 2.23. The molecule has 26 heavy (non-hydrogen) atoms. The molecule has 0 atom stereocenters. The molecule has 4 nitrogen and oxygen atoms in total. The quantitative estimate of drug-likeness (QED) is 0.742. The predicted octanol–water partition coefficient (Wildman–Crippen LogP) is 4.37. The summed E-state index contributed by atoms with van der Waals surface area (Å²) in [5, 5.41) is 3.76. The predicted molar refractivity (Wildman–Crippen MR) is 102 cm³/mol. The molecule has 1 aromatic heterocycles. The van der Waals surface area contributed by atoms with Gasteiger partial charge in [-0.2, -0.15) is 0 Å². The van der Waals surface area contributed by atoms with Gasteiger partial charge in [0.2, 0.25) is 0 Å². The first-order valence-electron chi connectivity index (χ1n) is 9.23. The van der Waals surface area contributed by atoms with E-state index in [1.807, 2.05) is 0 Å². The summed E-state index contributed by atoms with van der Waals surface area (Å²) in [6, 6.07) is 13.4. The van der Waals surface area contributed by atoms with Crippen molar-refractivity contribution in [1.29, 1.82) is 0 Å². The molecule has 0 bridgehead atoms. The maximum absolute atomic E-state index is 14.2. The molecule has 1 N–H and O–H groups in total. The second-order valence-corrected chi connectivity index (χ2v) is 6.82. The van der Waals surface area contributed by atoms with E-state index in [0.717, 1.165) is 6.54 Å². The molecule has 134 valence electrons. The van der Waals surface area contributed by atoms with E-state index in [4.69, 9.17) is 0 Å². The molecular formula is C21H23FN4. The number of fused-ring (bicyclic) bond motifs is 1. The van der Waals surface area contributed by atoms with Crippen molar-refractivity contribution in [2.75, 3.05) is 18.4 Å². The van der Waals surface area contributed by atoms with E-state index in [2.05, 4.69) is 44.5 Å². The number of nitrogens with one attached hydrogen (secondary N) is 1. The first kappa shape index (κ1) is 16.9. The van der Waals surface area contributed by atoms with Crippen molar-refractivity contribution in [2.24, 2.45) is 0 Å². The van der Waals surface area contributed by atoms with Gasteiger partial charge in [0.05, 0.1) is 10.9 Å². The van der Waals surface area contributed by atoms with E-state index in [1.54, 1.807) is 12.1 Å². The van der Waals surface area contributed by atoms with E-state index in [9.17, 15) is 4.39 Å². The Morgan fingerprint density at radius 2 is 1.73 bits per heavy atom. The molecule has 1 saturated heterocycles. The van der Waals surface area contributed by atoms with Gasteiger partial charge in [-0.05, 0) is 49.2 Å². The molecule has 0 spiro atoms. The van der Waals surface area contributed by atoms with Crippen molar-refractivity contribution >= 4 is 16.7 Å². The third-order valence-corrected chi connectivity index (χ3v) is 5.02. The maximum atomic E-state index is 14.2. The number of anilines is 1.